The van der Waals surface area contributed by atoms with Crippen molar-refractivity contribution < 1.29 is 28.1 Å². The quantitative estimate of drug-likeness (QED) is 0.523. The Balaban J connectivity index is 3.58. The molecule has 0 bridgehead atoms. The number of rotatable bonds is 5. The Bertz CT molecular complexity index is 204. The van der Waals surface area contributed by atoms with Crippen LogP contribution in [0.2, 0.25) is 0 Å². The smallest absolute Gasteiger partial charge is 0.303 e. The van der Waals surface area contributed by atoms with Crippen LogP contribution >= 0.6 is 19.4 Å². The molecule has 72 valence electrons. The second kappa shape index (κ2) is 4.89. The highest BCUT2D eigenvalue weighted by Gasteiger charge is 2.18. The zero-order valence-electron chi connectivity index (χ0n) is 5.81. The molecule has 0 saturated heterocycles. The normalized spacial score (nSPS) is 14.3. The Labute approximate surface area is 72.7 Å². The number of hydrogen-bond donors (Lipinski definition) is 2. The van der Waals surface area contributed by atoms with Crippen molar-refractivity contribution >= 4 is 24.7 Å². The first kappa shape index (κ1) is 12.0. The first-order valence-corrected chi connectivity index (χ1v) is 4.77. The molecular formula is C4H7ClFO5P. The fraction of sp³-hybridized carbons (Fsp3) is 0.750. The molecule has 12 heavy (non-hydrogen) atoms. The maximum absolute atomic E-state index is 12.3. The van der Waals surface area contributed by atoms with E-state index in [-0.39, 0.29) is 0 Å². The molecule has 0 rings (SSSR count). The number of halogens is 2. The molecule has 0 heterocycles. The van der Waals surface area contributed by atoms with Crippen molar-refractivity contribution in [2.24, 2.45) is 0 Å². The molecule has 0 aliphatic carbocycles. The van der Waals surface area contributed by atoms with Crippen LogP contribution in [0.3, 0.4) is 0 Å². The number of alkyl halides is 1. The summed E-state index contributed by atoms with van der Waals surface area (Å²) in [7, 11) is -4.57. The van der Waals surface area contributed by atoms with Crippen LogP contribution in [0.4, 0.5) is 4.39 Å². The summed E-state index contributed by atoms with van der Waals surface area (Å²) in [6.07, 6.45) is -2.41. The summed E-state index contributed by atoms with van der Waals surface area (Å²) >= 11 is 4.71. The summed E-state index contributed by atoms with van der Waals surface area (Å²) in [6.45, 7) is -0.552. The number of hydrogen-bond acceptors (Lipinski definition) is 3. The second-order valence-corrected chi connectivity index (χ2v) is 3.50. The van der Waals surface area contributed by atoms with Gasteiger partial charge in [0.1, 0.15) is 0 Å². The average molecular weight is 221 g/mol. The second-order valence-electron chi connectivity index (χ2n) is 1.88. The largest absolute Gasteiger partial charge is 0.469 e. The van der Waals surface area contributed by atoms with Gasteiger partial charge in [-0.15, -0.1) is 0 Å². The highest BCUT2D eigenvalue weighted by atomic mass is 35.5. The number of phosphoric ester groups is 1. The van der Waals surface area contributed by atoms with Crippen LogP contribution in [0.5, 0.6) is 0 Å². The summed E-state index contributed by atoms with van der Waals surface area (Å²) < 4.78 is 26.2. The van der Waals surface area contributed by atoms with E-state index in [1.54, 1.807) is 0 Å². The van der Waals surface area contributed by atoms with Gasteiger partial charge in [-0.1, -0.05) is 0 Å². The zero-order valence-corrected chi connectivity index (χ0v) is 7.46. The lowest BCUT2D eigenvalue weighted by Crippen LogP contribution is -2.11. The van der Waals surface area contributed by atoms with Crippen molar-refractivity contribution in [3.8, 4) is 0 Å². The molecule has 0 saturated carbocycles. The molecule has 2 N–H and O–H groups in total. The highest BCUT2D eigenvalue weighted by molar-refractivity contribution is 7.46. The number of phosphoric acid groups is 1. The maximum Gasteiger partial charge on any atom is 0.469 e. The SMILES string of the molecule is O=C(Cl)C(F)CCOP(=O)(O)O. The van der Waals surface area contributed by atoms with Gasteiger partial charge in [0.15, 0.2) is 6.17 Å². The van der Waals surface area contributed by atoms with Gasteiger partial charge in [0.25, 0.3) is 5.24 Å². The van der Waals surface area contributed by atoms with E-state index < -0.39 is 32.3 Å². The van der Waals surface area contributed by atoms with Gasteiger partial charge in [0.2, 0.25) is 0 Å². The van der Waals surface area contributed by atoms with Gasteiger partial charge < -0.3 is 9.79 Å². The Morgan fingerprint density at radius 2 is 2.17 bits per heavy atom. The Kier molecular flexibility index (Phi) is 4.89. The zero-order chi connectivity index (χ0) is 9.78. The van der Waals surface area contributed by atoms with Gasteiger partial charge in [0, 0.05) is 6.42 Å². The van der Waals surface area contributed by atoms with Crippen molar-refractivity contribution in [2.75, 3.05) is 6.61 Å². The molecule has 0 aromatic heterocycles. The van der Waals surface area contributed by atoms with Gasteiger partial charge in [0.05, 0.1) is 6.61 Å². The van der Waals surface area contributed by atoms with Gasteiger partial charge in [-0.05, 0) is 11.6 Å². The van der Waals surface area contributed by atoms with Crippen LogP contribution in [0.1, 0.15) is 6.42 Å². The first-order chi connectivity index (χ1) is 5.33. The molecule has 1 unspecified atom stereocenters. The van der Waals surface area contributed by atoms with Crippen molar-refractivity contribution in [1.82, 2.24) is 0 Å². The minimum atomic E-state index is -4.57. The van der Waals surface area contributed by atoms with Crippen molar-refractivity contribution in [3.63, 3.8) is 0 Å². The average Bonchev–Trinajstić information content (AvgIpc) is 1.84. The van der Waals surface area contributed by atoms with E-state index >= 15 is 0 Å². The molecule has 1 atom stereocenters. The fourth-order valence-electron chi connectivity index (χ4n) is 0.389. The van der Waals surface area contributed by atoms with Gasteiger partial charge in [-0.3, -0.25) is 9.32 Å². The first-order valence-electron chi connectivity index (χ1n) is 2.86. The molecular weight excluding hydrogens is 213 g/mol. The van der Waals surface area contributed by atoms with E-state index in [1.807, 2.05) is 0 Å². The molecule has 0 aromatic rings. The monoisotopic (exact) mass is 220 g/mol. The van der Waals surface area contributed by atoms with Crippen LogP contribution in [0.25, 0.3) is 0 Å². The number of carbonyl (C=O) groups excluding carboxylic acids is 1. The summed E-state index contributed by atoms with van der Waals surface area (Å²) in [4.78, 5) is 26.3. The Morgan fingerprint density at radius 1 is 1.67 bits per heavy atom. The highest BCUT2D eigenvalue weighted by Crippen LogP contribution is 2.35. The van der Waals surface area contributed by atoms with Crippen LogP contribution < -0.4 is 0 Å². The molecule has 0 fully saturated rings. The Morgan fingerprint density at radius 3 is 2.50 bits per heavy atom. The molecule has 0 spiro atoms. The molecule has 0 aromatic carbocycles. The van der Waals surface area contributed by atoms with E-state index in [9.17, 15) is 13.8 Å². The molecule has 8 heteroatoms. The van der Waals surface area contributed by atoms with Crippen LogP contribution in [-0.2, 0) is 13.9 Å². The van der Waals surface area contributed by atoms with Crippen LogP contribution in [0, 0.1) is 0 Å². The van der Waals surface area contributed by atoms with Crippen molar-refractivity contribution in [2.45, 2.75) is 12.6 Å². The lowest BCUT2D eigenvalue weighted by molar-refractivity contribution is -0.116. The minimum Gasteiger partial charge on any atom is -0.303 e. The predicted molar refractivity (Wildman–Crippen MR) is 38.4 cm³/mol. The third-order valence-corrected chi connectivity index (χ3v) is 1.63. The third kappa shape index (κ3) is 6.69. The topological polar surface area (TPSA) is 83.8 Å². The Hall–Kier alpha value is -0.0000000000000000971. The molecule has 0 amide bonds. The summed E-state index contributed by atoms with van der Waals surface area (Å²) in [5.74, 6) is 0. The van der Waals surface area contributed by atoms with E-state index in [2.05, 4.69) is 4.52 Å². The lowest BCUT2D eigenvalue weighted by atomic mass is 10.3. The van der Waals surface area contributed by atoms with Gasteiger partial charge in [-0.2, -0.15) is 0 Å². The van der Waals surface area contributed by atoms with Crippen molar-refractivity contribution in [1.29, 1.82) is 0 Å². The molecule has 0 aliphatic rings. The summed E-state index contributed by atoms with van der Waals surface area (Å²) in [5, 5.41) is -1.20. The standard InChI is InChI=1S/C4H7ClFO5P/c5-4(7)3(6)1-2-11-12(8,9)10/h3H,1-2H2,(H2,8,9,10). The maximum atomic E-state index is 12.3. The lowest BCUT2D eigenvalue weighted by Gasteiger charge is -2.05. The van der Waals surface area contributed by atoms with Crippen molar-refractivity contribution in [3.05, 3.63) is 0 Å². The van der Waals surface area contributed by atoms with E-state index in [0.717, 1.165) is 0 Å². The molecule has 0 radical (unpaired) electrons. The number of carbonyl (C=O) groups is 1. The van der Waals surface area contributed by atoms with Gasteiger partial charge >= 0.3 is 7.82 Å². The minimum absolute atomic E-state index is 0.465. The molecule has 5 nitrogen and oxygen atoms in total. The third-order valence-electron chi connectivity index (χ3n) is 0.877. The van der Waals surface area contributed by atoms with Crippen LogP contribution in [0.15, 0.2) is 0 Å². The summed E-state index contributed by atoms with van der Waals surface area (Å²) in [5.41, 5.74) is 0. The van der Waals surface area contributed by atoms with E-state index in [0.29, 0.717) is 0 Å². The predicted octanol–water partition coefficient (Wildman–Crippen LogP) is 0.589. The van der Waals surface area contributed by atoms with E-state index in [4.69, 9.17) is 21.4 Å². The summed E-state index contributed by atoms with van der Waals surface area (Å²) in [6, 6.07) is 0. The van der Waals surface area contributed by atoms with Crippen LogP contribution in [-0.4, -0.2) is 27.8 Å². The van der Waals surface area contributed by atoms with Gasteiger partial charge in [-0.25, -0.2) is 8.96 Å². The fourth-order valence-corrected chi connectivity index (χ4v) is 0.841. The molecule has 0 aliphatic heterocycles. The van der Waals surface area contributed by atoms with E-state index in [1.165, 1.54) is 0 Å².